The fourth-order valence-electron chi connectivity index (χ4n) is 0.999. The molecule has 0 aromatic carbocycles. The summed E-state index contributed by atoms with van der Waals surface area (Å²) < 4.78 is 8.97. The summed E-state index contributed by atoms with van der Waals surface area (Å²) in [4.78, 5) is 20.9. The zero-order chi connectivity index (χ0) is 12.2. The molecule has 0 unspecified atom stereocenters. The van der Waals surface area contributed by atoms with Crippen molar-refractivity contribution >= 4 is 11.9 Å². The van der Waals surface area contributed by atoms with Crippen molar-refractivity contribution in [1.82, 2.24) is 0 Å². The van der Waals surface area contributed by atoms with Gasteiger partial charge in [0.05, 0.1) is 26.4 Å². The number of aliphatic hydroxyl groups excluding tert-OH is 2. The van der Waals surface area contributed by atoms with Crippen LogP contribution in [0.5, 0.6) is 0 Å². The topological polar surface area (TPSA) is 93.1 Å². The first-order valence-electron chi connectivity index (χ1n) is 5.23. The van der Waals surface area contributed by atoms with Gasteiger partial charge in [0.1, 0.15) is 0 Å². The van der Waals surface area contributed by atoms with Crippen molar-refractivity contribution in [2.75, 3.05) is 26.4 Å². The molecule has 6 heteroatoms. The highest BCUT2D eigenvalue weighted by atomic mass is 16.6. The van der Waals surface area contributed by atoms with Crippen LogP contribution in [0.2, 0.25) is 0 Å². The van der Waals surface area contributed by atoms with Crippen molar-refractivity contribution in [2.24, 2.45) is 0 Å². The molecule has 1 heterocycles. The predicted molar refractivity (Wildman–Crippen MR) is 54.6 cm³/mol. The average molecular weight is 234 g/mol. The monoisotopic (exact) mass is 234 g/mol. The number of hydrogen-bond acceptors (Lipinski definition) is 6. The van der Waals surface area contributed by atoms with E-state index in [9.17, 15) is 9.59 Å². The molecule has 0 aliphatic carbocycles. The number of carbonyl (C=O) groups is 2. The molecule has 1 aliphatic heterocycles. The van der Waals surface area contributed by atoms with E-state index in [1.54, 1.807) is 0 Å². The van der Waals surface area contributed by atoms with Crippen LogP contribution >= 0.6 is 0 Å². The lowest BCUT2D eigenvalue weighted by molar-refractivity contribution is -0.158. The fraction of sp³-hybridized carbons (Fsp3) is 0.800. The van der Waals surface area contributed by atoms with Crippen molar-refractivity contribution in [1.29, 1.82) is 0 Å². The summed E-state index contributed by atoms with van der Waals surface area (Å²) in [6.45, 7) is 0.696. The maximum atomic E-state index is 10.5. The highest BCUT2D eigenvalue weighted by Crippen LogP contribution is 2.07. The highest BCUT2D eigenvalue weighted by molar-refractivity contribution is 5.86. The maximum Gasteiger partial charge on any atom is 0.313 e. The minimum absolute atomic E-state index is 0.0278. The van der Waals surface area contributed by atoms with Gasteiger partial charge in [-0.1, -0.05) is 0 Å². The van der Waals surface area contributed by atoms with E-state index in [1.165, 1.54) is 0 Å². The first-order valence-corrected chi connectivity index (χ1v) is 5.23. The Kier molecular flexibility index (Phi) is 9.89. The van der Waals surface area contributed by atoms with E-state index in [-0.39, 0.29) is 25.2 Å². The molecule has 0 aromatic rings. The smallest absolute Gasteiger partial charge is 0.313 e. The van der Waals surface area contributed by atoms with Gasteiger partial charge >= 0.3 is 11.9 Å². The third-order valence-corrected chi connectivity index (χ3v) is 1.71. The molecule has 0 spiro atoms. The number of cyclic esters (lactones) is 2. The quantitative estimate of drug-likeness (QED) is 0.391. The Bertz CT molecular complexity index is 183. The van der Waals surface area contributed by atoms with Gasteiger partial charge in [0.25, 0.3) is 0 Å². The Morgan fingerprint density at radius 1 is 1.00 bits per heavy atom. The lowest BCUT2D eigenvalue weighted by atomic mass is 10.2. The van der Waals surface area contributed by atoms with Crippen LogP contribution in [-0.4, -0.2) is 48.6 Å². The van der Waals surface area contributed by atoms with Crippen molar-refractivity contribution in [3.8, 4) is 0 Å². The SMILES string of the molecule is O=C1CCCCC(=O)O1.OCCOCCO. The number of aliphatic hydroxyl groups is 2. The van der Waals surface area contributed by atoms with Crippen molar-refractivity contribution in [2.45, 2.75) is 25.7 Å². The first-order chi connectivity index (χ1) is 7.70. The summed E-state index contributed by atoms with van der Waals surface area (Å²) in [5.41, 5.74) is 0. The van der Waals surface area contributed by atoms with Crippen LogP contribution in [-0.2, 0) is 19.1 Å². The number of hydrogen-bond donors (Lipinski definition) is 2. The van der Waals surface area contributed by atoms with Crippen LogP contribution in [0.3, 0.4) is 0 Å². The Labute approximate surface area is 94.2 Å². The molecule has 0 radical (unpaired) electrons. The van der Waals surface area contributed by atoms with Crippen LogP contribution in [0.25, 0.3) is 0 Å². The van der Waals surface area contributed by atoms with E-state index in [0.29, 0.717) is 26.1 Å². The molecular weight excluding hydrogens is 216 g/mol. The minimum atomic E-state index is -0.377. The lowest BCUT2D eigenvalue weighted by Gasteiger charge is -1.94. The summed E-state index contributed by atoms with van der Waals surface area (Å²) in [7, 11) is 0. The maximum absolute atomic E-state index is 10.5. The third-order valence-electron chi connectivity index (χ3n) is 1.71. The molecule has 1 rings (SSSR count). The van der Waals surface area contributed by atoms with E-state index < -0.39 is 0 Å². The molecule has 0 amide bonds. The second-order valence-corrected chi connectivity index (χ2v) is 3.11. The van der Waals surface area contributed by atoms with Crippen molar-refractivity contribution in [3.05, 3.63) is 0 Å². The molecular formula is C10H18O6. The predicted octanol–water partition coefficient (Wildman–Crippen LogP) is -0.382. The van der Waals surface area contributed by atoms with Gasteiger partial charge in [0.2, 0.25) is 0 Å². The summed E-state index contributed by atoms with van der Waals surface area (Å²) in [5.74, 6) is -0.755. The Hall–Kier alpha value is -0.980. The van der Waals surface area contributed by atoms with E-state index in [4.69, 9.17) is 10.2 Å². The normalized spacial score (nSPS) is 15.9. The molecule has 94 valence electrons. The van der Waals surface area contributed by atoms with Crippen LogP contribution in [0.15, 0.2) is 0 Å². The van der Waals surface area contributed by atoms with Crippen molar-refractivity contribution in [3.63, 3.8) is 0 Å². The molecule has 0 aromatic heterocycles. The van der Waals surface area contributed by atoms with Gasteiger partial charge in [-0.2, -0.15) is 0 Å². The van der Waals surface area contributed by atoms with E-state index in [2.05, 4.69) is 9.47 Å². The van der Waals surface area contributed by atoms with Gasteiger partial charge in [-0.15, -0.1) is 0 Å². The molecule has 1 saturated heterocycles. The van der Waals surface area contributed by atoms with Gasteiger partial charge in [0, 0.05) is 12.8 Å². The van der Waals surface area contributed by atoms with E-state index in [0.717, 1.165) is 12.8 Å². The summed E-state index contributed by atoms with van der Waals surface area (Å²) in [5, 5.41) is 16.2. The largest absolute Gasteiger partial charge is 0.394 e. The molecule has 0 bridgehead atoms. The first kappa shape index (κ1) is 15.0. The summed E-state index contributed by atoms with van der Waals surface area (Å²) in [6, 6.07) is 0. The molecule has 0 atom stereocenters. The average Bonchev–Trinajstić information content (AvgIpc) is 2.44. The fourth-order valence-corrected chi connectivity index (χ4v) is 0.999. The van der Waals surface area contributed by atoms with Crippen LogP contribution < -0.4 is 0 Å². The number of ether oxygens (including phenoxy) is 2. The second kappa shape index (κ2) is 10.5. The Morgan fingerprint density at radius 2 is 1.44 bits per heavy atom. The summed E-state index contributed by atoms with van der Waals surface area (Å²) >= 11 is 0. The van der Waals surface area contributed by atoms with E-state index in [1.807, 2.05) is 0 Å². The van der Waals surface area contributed by atoms with Crippen LogP contribution in [0, 0.1) is 0 Å². The highest BCUT2D eigenvalue weighted by Gasteiger charge is 2.13. The number of carbonyl (C=O) groups excluding carboxylic acids is 2. The van der Waals surface area contributed by atoms with Gasteiger partial charge < -0.3 is 19.7 Å². The molecule has 2 N–H and O–H groups in total. The standard InChI is InChI=1S/C6H8O3.C4H10O3/c7-5-3-1-2-4-6(8)9-5;5-1-3-7-4-2-6/h1-4H2;5-6H,1-4H2. The summed E-state index contributed by atoms with van der Waals surface area (Å²) in [6.07, 6.45) is 2.35. The molecule has 6 nitrogen and oxygen atoms in total. The second-order valence-electron chi connectivity index (χ2n) is 3.11. The molecule has 0 saturated carbocycles. The Balaban J connectivity index is 0.000000293. The van der Waals surface area contributed by atoms with Gasteiger partial charge in [-0.25, -0.2) is 0 Å². The van der Waals surface area contributed by atoms with E-state index >= 15 is 0 Å². The number of rotatable bonds is 4. The van der Waals surface area contributed by atoms with Gasteiger partial charge in [0.15, 0.2) is 0 Å². The Morgan fingerprint density at radius 3 is 1.81 bits per heavy atom. The molecule has 16 heavy (non-hydrogen) atoms. The molecule has 1 aliphatic rings. The van der Waals surface area contributed by atoms with Gasteiger partial charge in [-0.05, 0) is 12.8 Å². The third kappa shape index (κ3) is 9.57. The van der Waals surface area contributed by atoms with Crippen molar-refractivity contribution < 1.29 is 29.3 Å². The van der Waals surface area contributed by atoms with Gasteiger partial charge in [-0.3, -0.25) is 9.59 Å². The zero-order valence-corrected chi connectivity index (χ0v) is 9.18. The molecule has 1 fully saturated rings. The van der Waals surface area contributed by atoms with Crippen LogP contribution in [0.1, 0.15) is 25.7 Å². The lowest BCUT2D eigenvalue weighted by Crippen LogP contribution is -2.07. The van der Waals surface area contributed by atoms with Crippen LogP contribution in [0.4, 0.5) is 0 Å². The zero-order valence-electron chi connectivity index (χ0n) is 9.18. The minimum Gasteiger partial charge on any atom is -0.394 e. The number of esters is 2.